The number of carbonyl (C=O) groups excluding carboxylic acids is 4. The monoisotopic (exact) mass is 1550 g/mol. The number of amides is 4. The lowest BCUT2D eigenvalue weighted by molar-refractivity contribution is -0.125. The molecule has 0 saturated carbocycles. The lowest BCUT2D eigenvalue weighted by Gasteiger charge is -2.38. The quantitative estimate of drug-likeness (QED) is 0.0327. The molecule has 4 saturated heterocycles. The number of nitrogens with one attached hydrogen (secondary N) is 8. The minimum atomic E-state index is -2.55. The molecule has 4 aromatic carbocycles. The number of fused-ring (bicyclic) bond motifs is 4. The maximum atomic E-state index is 13.4. The average Bonchev–Trinajstić information content (AvgIpc) is 0.831. The number of hydrogen-bond acceptors (Lipinski definition) is 18. The Bertz CT molecular complexity index is 3540. The number of halogens is 4. The SMILES string of the molecule is C.CC(C)[C@@H](CN1CCC(C#N)CC1)NC(=O)[C@H]1Cc2ccc(O)cc2CN1.CC(C)[C@@H](CN1CCC(C(F)F)CC1)NC(=O)[C@H]1Cc2ccc(O)cc2CN1.CC(C)[C@@H](CN1CCC(F)(F)CC1)NC(=O)[C@H]1Cc2ccc(O)cc2CN1.CC(C)[C@@H](CN1CCC(N(C)C)CC1)NC(=O)[C@H]1Cc2ccc(O)cc2CN1. The molecule has 0 aromatic heterocycles. The molecule has 0 aliphatic carbocycles. The topological polar surface area (TPSA) is 285 Å². The molecule has 22 nitrogen and oxygen atoms in total. The number of alkyl halides is 4. The Kier molecular flexibility index (Phi) is 34.0. The van der Waals surface area contributed by atoms with Crippen molar-refractivity contribution in [3.63, 3.8) is 0 Å². The van der Waals surface area contributed by atoms with Crippen LogP contribution >= 0.6 is 0 Å². The van der Waals surface area contributed by atoms with Crippen molar-refractivity contribution in [1.82, 2.24) is 67.0 Å². The van der Waals surface area contributed by atoms with Gasteiger partial charge in [0.15, 0.2) is 0 Å². The van der Waals surface area contributed by atoms with Crippen LogP contribution in [-0.4, -0.2) is 228 Å². The molecule has 616 valence electrons. The molecule has 12 N–H and O–H groups in total. The van der Waals surface area contributed by atoms with Gasteiger partial charge in [0.05, 0.1) is 30.2 Å². The zero-order valence-electron chi connectivity index (χ0n) is 66.6. The van der Waals surface area contributed by atoms with Crippen LogP contribution in [-0.2, 0) is 71.0 Å². The standard InChI is InChI=1S/C22H36N4O2.C21H31F2N3O2.C21H30N4O2.C20H29F2N3O2.CH4/c1-15(2)21(14-26-9-7-18(8-10-26)25(3)4)24-22(28)20-12-16-5-6-19(27)11-17(16)13-23-20;1-13(2)19(12-26-7-5-14(6-8-26)20(22)23)25-21(28)18-10-15-3-4-17(27)9-16(15)11-24-18;1-14(2)20(13-25-7-5-15(11-22)6-8-25)24-21(27)19-10-16-3-4-18(26)9-17(16)12-23-19;1-13(2)18(12-25-7-5-20(21,22)6-8-25)24-19(27)17-10-14-3-4-16(26)9-15(14)11-23-17;/h5-6,11,15,18,20-21,23,27H,7-10,12-14H2,1-4H3,(H,24,28);3-4,9,13-14,18-20,24,27H,5-8,10-12H2,1-2H3,(H,25,28);3-4,9,14-15,19-20,23,26H,5-8,10,12-13H2,1-2H3,(H,24,27);3-4,9,13,17-18,23,26H,5-8,10-12H2,1-2H3,(H,24,27);1H4/t20-,21-;18-,19-;19-,20-;17-,18-;/m1111./s1. The first-order valence-corrected chi connectivity index (χ1v) is 40.4. The summed E-state index contributed by atoms with van der Waals surface area (Å²) >= 11 is 0. The number of likely N-dealkylation sites (tertiary alicyclic amines) is 4. The van der Waals surface area contributed by atoms with Gasteiger partial charge in [-0.25, -0.2) is 17.6 Å². The fourth-order valence-electron chi connectivity index (χ4n) is 16.0. The number of carbonyl (C=O) groups is 4. The third-order valence-electron chi connectivity index (χ3n) is 23.9. The van der Waals surface area contributed by atoms with Crippen molar-refractivity contribution in [1.29, 1.82) is 5.26 Å². The minimum absolute atomic E-state index is 0. The smallest absolute Gasteiger partial charge is 0.250 e. The summed E-state index contributed by atoms with van der Waals surface area (Å²) in [5.41, 5.74) is 8.56. The van der Waals surface area contributed by atoms with Crippen molar-refractivity contribution in [2.45, 2.75) is 233 Å². The summed E-state index contributed by atoms with van der Waals surface area (Å²) in [6.07, 6.45) is 5.28. The highest BCUT2D eigenvalue weighted by molar-refractivity contribution is 5.84. The van der Waals surface area contributed by atoms with Crippen molar-refractivity contribution >= 4 is 23.6 Å². The molecule has 8 atom stereocenters. The maximum Gasteiger partial charge on any atom is 0.250 e. The van der Waals surface area contributed by atoms with Gasteiger partial charge in [-0.05, 0) is 234 Å². The Balaban J connectivity index is 0.000000185. The molecule has 0 unspecified atom stereocenters. The van der Waals surface area contributed by atoms with Crippen LogP contribution in [0.25, 0.3) is 0 Å². The number of rotatable bonds is 22. The molecule has 4 amide bonds. The second-order valence-electron chi connectivity index (χ2n) is 33.6. The van der Waals surface area contributed by atoms with Gasteiger partial charge in [0.25, 0.3) is 5.92 Å². The molecule has 4 fully saturated rings. The number of benzene rings is 4. The fraction of sp³-hybridized carbons (Fsp3) is 0.659. The first-order chi connectivity index (χ1) is 52.3. The van der Waals surface area contributed by atoms with Gasteiger partial charge < -0.3 is 87.5 Å². The Hall–Kier alpha value is -7.19. The number of phenolic OH excluding ortho intramolecular Hbond substituents is 4. The highest BCUT2D eigenvalue weighted by Crippen LogP contribution is 2.31. The molecular weight excluding hydrogens is 1420 g/mol. The second-order valence-corrected chi connectivity index (χ2v) is 33.6. The predicted octanol–water partition coefficient (Wildman–Crippen LogP) is 8.80. The van der Waals surface area contributed by atoms with Crippen LogP contribution in [0.1, 0.15) is 159 Å². The maximum absolute atomic E-state index is 13.4. The van der Waals surface area contributed by atoms with Crippen LogP contribution in [0.3, 0.4) is 0 Å². The second kappa shape index (κ2) is 42.3. The van der Waals surface area contributed by atoms with Crippen molar-refractivity contribution in [2.75, 3.05) is 92.6 Å². The van der Waals surface area contributed by atoms with E-state index in [1.807, 2.05) is 43.0 Å². The van der Waals surface area contributed by atoms with Gasteiger partial charge in [-0.15, -0.1) is 0 Å². The van der Waals surface area contributed by atoms with E-state index in [0.29, 0.717) is 122 Å². The highest BCUT2D eigenvalue weighted by atomic mass is 19.3. The number of piperidine rings is 4. The number of aromatic hydroxyl groups is 4. The van der Waals surface area contributed by atoms with Gasteiger partial charge in [-0.2, -0.15) is 5.26 Å². The number of hydrogen-bond donors (Lipinski definition) is 12. The summed E-state index contributed by atoms with van der Waals surface area (Å²) in [5.74, 6) is -0.624. The first-order valence-electron chi connectivity index (χ1n) is 40.4. The third-order valence-corrected chi connectivity index (χ3v) is 23.9. The Morgan fingerprint density at radius 2 is 0.712 bits per heavy atom. The summed E-state index contributed by atoms with van der Waals surface area (Å²) in [6, 6.07) is 23.4. The van der Waals surface area contributed by atoms with E-state index in [1.54, 1.807) is 48.5 Å². The molecule has 4 aromatic rings. The zero-order valence-corrected chi connectivity index (χ0v) is 66.6. The molecule has 8 aliphatic heterocycles. The normalized spacial score (nSPS) is 22.4. The van der Waals surface area contributed by atoms with Gasteiger partial charge in [0, 0.05) is 120 Å². The van der Waals surface area contributed by atoms with E-state index in [2.05, 4.69) is 124 Å². The van der Waals surface area contributed by atoms with Gasteiger partial charge in [-0.1, -0.05) is 87.1 Å². The minimum Gasteiger partial charge on any atom is -0.508 e. The van der Waals surface area contributed by atoms with Crippen molar-refractivity contribution in [3.05, 3.63) is 117 Å². The molecule has 12 rings (SSSR count). The van der Waals surface area contributed by atoms with E-state index in [-0.39, 0.29) is 133 Å². The molecular formula is C85H130F4N14O8. The molecule has 8 heterocycles. The number of phenols is 4. The summed E-state index contributed by atoms with van der Waals surface area (Å²) in [5, 5.41) is 73.4. The Labute approximate surface area is 657 Å². The lowest BCUT2D eigenvalue weighted by Crippen LogP contribution is -2.55. The van der Waals surface area contributed by atoms with E-state index in [1.165, 1.54) is 12.8 Å². The van der Waals surface area contributed by atoms with Crippen LogP contribution in [0.4, 0.5) is 17.6 Å². The molecule has 26 heteroatoms. The molecule has 0 spiro atoms. The average molecular weight is 1550 g/mol. The van der Waals surface area contributed by atoms with Crippen LogP contribution in [0.2, 0.25) is 0 Å². The molecule has 8 aliphatic rings. The zero-order chi connectivity index (χ0) is 79.5. The van der Waals surface area contributed by atoms with Crippen LogP contribution < -0.4 is 42.5 Å². The summed E-state index contributed by atoms with van der Waals surface area (Å²) < 4.78 is 52.4. The van der Waals surface area contributed by atoms with Crippen molar-refractivity contribution in [3.8, 4) is 29.1 Å². The predicted molar refractivity (Wildman–Crippen MR) is 427 cm³/mol. The van der Waals surface area contributed by atoms with E-state index >= 15 is 0 Å². The van der Waals surface area contributed by atoms with E-state index < -0.39 is 18.3 Å². The van der Waals surface area contributed by atoms with Gasteiger partial charge in [0.1, 0.15) is 23.0 Å². The van der Waals surface area contributed by atoms with Crippen LogP contribution in [0.15, 0.2) is 72.8 Å². The van der Waals surface area contributed by atoms with Crippen molar-refractivity contribution < 1.29 is 57.2 Å². The molecule has 0 radical (unpaired) electrons. The Morgan fingerprint density at radius 1 is 0.450 bits per heavy atom. The molecule has 111 heavy (non-hydrogen) atoms. The Morgan fingerprint density at radius 3 is 0.964 bits per heavy atom. The van der Waals surface area contributed by atoms with Gasteiger partial charge in [-0.3, -0.25) is 19.2 Å². The van der Waals surface area contributed by atoms with Crippen LogP contribution in [0, 0.1) is 46.8 Å². The number of nitriles is 1. The third kappa shape index (κ3) is 27.0. The fourth-order valence-corrected chi connectivity index (χ4v) is 16.0. The van der Waals surface area contributed by atoms with Crippen molar-refractivity contribution in [2.24, 2.45) is 35.5 Å². The largest absolute Gasteiger partial charge is 0.508 e. The lowest BCUT2D eigenvalue weighted by atomic mass is 9.94. The van der Waals surface area contributed by atoms with Gasteiger partial charge >= 0.3 is 0 Å². The highest BCUT2D eigenvalue weighted by Gasteiger charge is 2.38. The summed E-state index contributed by atoms with van der Waals surface area (Å²) in [6.45, 7) is 28.3. The summed E-state index contributed by atoms with van der Waals surface area (Å²) in [4.78, 5) is 62.8. The summed E-state index contributed by atoms with van der Waals surface area (Å²) in [7, 11) is 4.32. The van der Waals surface area contributed by atoms with Crippen LogP contribution in [0.5, 0.6) is 23.0 Å². The van der Waals surface area contributed by atoms with E-state index in [0.717, 1.165) is 96.6 Å². The van der Waals surface area contributed by atoms with E-state index in [4.69, 9.17) is 5.26 Å². The van der Waals surface area contributed by atoms with Gasteiger partial charge in [0.2, 0.25) is 30.1 Å². The van der Waals surface area contributed by atoms with E-state index in [9.17, 15) is 57.2 Å². The first kappa shape index (κ1) is 89.4. The number of nitrogens with zero attached hydrogens (tertiary/aromatic N) is 6. The molecule has 0 bridgehead atoms.